The van der Waals surface area contributed by atoms with Crippen molar-refractivity contribution in [1.29, 1.82) is 0 Å². The summed E-state index contributed by atoms with van der Waals surface area (Å²) in [7, 11) is 0. The molecule has 1 fully saturated rings. The molecule has 0 bridgehead atoms. The predicted octanol–water partition coefficient (Wildman–Crippen LogP) is 3.48. The Morgan fingerprint density at radius 2 is 2.25 bits per heavy atom. The minimum Gasteiger partial charge on any atom is -0.481 e. The van der Waals surface area contributed by atoms with E-state index in [0.29, 0.717) is 5.92 Å². The predicted molar refractivity (Wildman–Crippen MR) is 77.7 cm³/mol. The lowest BCUT2D eigenvalue weighted by molar-refractivity contribution is -0.142. The van der Waals surface area contributed by atoms with Crippen LogP contribution in [0, 0.1) is 18.8 Å². The molecule has 2 N–H and O–H groups in total. The zero-order valence-corrected chi connectivity index (χ0v) is 11.9. The maximum Gasteiger partial charge on any atom is 0.307 e. The highest BCUT2D eigenvalue weighted by Crippen LogP contribution is 2.43. The first-order valence-electron chi connectivity index (χ1n) is 7.27. The maximum absolute atomic E-state index is 11.5. The largest absolute Gasteiger partial charge is 0.481 e. The molecule has 3 atom stereocenters. The molecule has 2 aromatic rings. The summed E-state index contributed by atoms with van der Waals surface area (Å²) in [6.07, 6.45) is 2.73. The Kier molecular flexibility index (Phi) is 3.24. The van der Waals surface area contributed by atoms with Gasteiger partial charge >= 0.3 is 5.97 Å². The van der Waals surface area contributed by atoms with Gasteiger partial charge < -0.3 is 10.1 Å². The molecule has 0 saturated heterocycles. The molecule has 0 amide bonds. The number of benzene rings is 1. The Balaban J connectivity index is 1.98. The van der Waals surface area contributed by atoms with E-state index in [9.17, 15) is 9.90 Å². The van der Waals surface area contributed by atoms with Gasteiger partial charge in [-0.25, -0.2) is 4.98 Å². The van der Waals surface area contributed by atoms with E-state index in [1.54, 1.807) is 0 Å². The van der Waals surface area contributed by atoms with Crippen LogP contribution in [0.2, 0.25) is 0 Å². The molecule has 4 nitrogen and oxygen atoms in total. The summed E-state index contributed by atoms with van der Waals surface area (Å²) in [5.41, 5.74) is 3.11. The van der Waals surface area contributed by atoms with Crippen molar-refractivity contribution in [3.8, 4) is 0 Å². The molecule has 1 aromatic heterocycles. The van der Waals surface area contributed by atoms with Gasteiger partial charge in [-0.2, -0.15) is 0 Å². The third-order valence-electron chi connectivity index (χ3n) is 4.56. The van der Waals surface area contributed by atoms with Gasteiger partial charge in [-0.05, 0) is 43.4 Å². The van der Waals surface area contributed by atoms with E-state index in [-0.39, 0.29) is 11.8 Å². The van der Waals surface area contributed by atoms with Crippen LogP contribution in [0.5, 0.6) is 0 Å². The lowest BCUT2D eigenvalue weighted by atomic mass is 9.96. The van der Waals surface area contributed by atoms with E-state index >= 15 is 0 Å². The van der Waals surface area contributed by atoms with Crippen LogP contribution in [0.4, 0.5) is 0 Å². The molecular formula is C16H20N2O2. The summed E-state index contributed by atoms with van der Waals surface area (Å²) in [6.45, 7) is 4.18. The van der Waals surface area contributed by atoms with Crippen molar-refractivity contribution in [3.63, 3.8) is 0 Å². The molecule has 1 aliphatic carbocycles. The normalized spacial score (nSPS) is 26.2. The summed E-state index contributed by atoms with van der Waals surface area (Å²) >= 11 is 0. The summed E-state index contributed by atoms with van der Waals surface area (Å²) in [5, 5.41) is 9.44. The summed E-state index contributed by atoms with van der Waals surface area (Å²) < 4.78 is 0. The van der Waals surface area contributed by atoms with Crippen molar-refractivity contribution < 1.29 is 9.90 Å². The number of hydrogen-bond acceptors (Lipinski definition) is 2. The van der Waals surface area contributed by atoms with Gasteiger partial charge in [0.05, 0.1) is 17.0 Å². The van der Waals surface area contributed by atoms with E-state index in [4.69, 9.17) is 0 Å². The number of fused-ring (bicyclic) bond motifs is 1. The third-order valence-corrected chi connectivity index (χ3v) is 4.56. The molecule has 1 saturated carbocycles. The number of carbonyl (C=O) groups is 1. The highest BCUT2D eigenvalue weighted by Gasteiger charge is 2.40. The molecule has 1 aliphatic rings. The molecule has 20 heavy (non-hydrogen) atoms. The van der Waals surface area contributed by atoms with Crippen molar-refractivity contribution in [1.82, 2.24) is 9.97 Å². The van der Waals surface area contributed by atoms with Gasteiger partial charge in [0.2, 0.25) is 0 Å². The van der Waals surface area contributed by atoms with E-state index in [1.165, 1.54) is 5.56 Å². The van der Waals surface area contributed by atoms with Gasteiger partial charge in [0.1, 0.15) is 5.82 Å². The van der Waals surface area contributed by atoms with Gasteiger partial charge in [0.15, 0.2) is 0 Å². The first-order valence-corrected chi connectivity index (χ1v) is 7.27. The maximum atomic E-state index is 11.5. The van der Waals surface area contributed by atoms with Crippen LogP contribution >= 0.6 is 0 Å². The molecular weight excluding hydrogens is 252 g/mol. The zero-order chi connectivity index (χ0) is 14.3. The third kappa shape index (κ3) is 2.19. The topological polar surface area (TPSA) is 66.0 Å². The van der Waals surface area contributed by atoms with Crippen LogP contribution in [0.3, 0.4) is 0 Å². The number of aromatic nitrogens is 2. The standard InChI is InChI=1S/C16H20N2O2/c1-3-10-7-11(12(8-10)16(19)20)15-17-13-5-4-9(2)6-14(13)18-15/h4-6,10-12H,3,7-8H2,1-2H3,(H,17,18)(H,19,20). The number of hydrogen-bond donors (Lipinski definition) is 2. The number of imidazole rings is 1. The smallest absolute Gasteiger partial charge is 0.307 e. The number of aromatic amines is 1. The number of nitrogens with one attached hydrogen (secondary N) is 1. The molecule has 1 aromatic carbocycles. The first kappa shape index (κ1) is 13.2. The number of aryl methyl sites for hydroxylation is 1. The van der Waals surface area contributed by atoms with Crippen molar-refractivity contribution >= 4 is 17.0 Å². The van der Waals surface area contributed by atoms with Crippen molar-refractivity contribution in [2.75, 3.05) is 0 Å². The Morgan fingerprint density at radius 3 is 2.95 bits per heavy atom. The van der Waals surface area contributed by atoms with Gasteiger partial charge in [0.25, 0.3) is 0 Å². The lowest BCUT2D eigenvalue weighted by Gasteiger charge is -2.12. The SMILES string of the molecule is CCC1CC(C(=O)O)C(c2nc3ccc(C)cc3[nH]2)C1. The quantitative estimate of drug-likeness (QED) is 0.899. The Bertz CT molecular complexity index is 647. The molecule has 106 valence electrons. The summed E-state index contributed by atoms with van der Waals surface area (Å²) in [4.78, 5) is 19.4. The molecule has 0 radical (unpaired) electrons. The zero-order valence-electron chi connectivity index (χ0n) is 11.9. The molecule has 3 rings (SSSR count). The van der Waals surface area contributed by atoms with Crippen LogP contribution < -0.4 is 0 Å². The average molecular weight is 272 g/mol. The highest BCUT2D eigenvalue weighted by atomic mass is 16.4. The second-order valence-corrected chi connectivity index (χ2v) is 5.94. The van der Waals surface area contributed by atoms with Crippen LogP contribution in [0.25, 0.3) is 11.0 Å². The molecule has 1 heterocycles. The van der Waals surface area contributed by atoms with Crippen molar-refractivity contribution in [3.05, 3.63) is 29.6 Å². The lowest BCUT2D eigenvalue weighted by Crippen LogP contribution is -2.17. The van der Waals surface area contributed by atoms with E-state index < -0.39 is 5.97 Å². The molecule has 4 heteroatoms. The number of carboxylic acids is 1. The minimum absolute atomic E-state index is 0.0187. The number of carboxylic acid groups (broad SMARTS) is 1. The van der Waals surface area contributed by atoms with Gasteiger partial charge in [-0.1, -0.05) is 19.4 Å². The minimum atomic E-state index is -0.692. The summed E-state index contributed by atoms with van der Waals surface area (Å²) in [5.74, 6) is 0.361. The highest BCUT2D eigenvalue weighted by molar-refractivity contribution is 5.77. The van der Waals surface area contributed by atoms with E-state index in [1.807, 2.05) is 19.1 Å². The van der Waals surface area contributed by atoms with E-state index in [0.717, 1.165) is 36.1 Å². The average Bonchev–Trinajstić information content (AvgIpc) is 3.00. The molecule has 0 aliphatic heterocycles. The van der Waals surface area contributed by atoms with Crippen LogP contribution in [0.1, 0.15) is 43.5 Å². The van der Waals surface area contributed by atoms with Crippen LogP contribution in [-0.4, -0.2) is 21.0 Å². The van der Waals surface area contributed by atoms with Crippen LogP contribution in [0.15, 0.2) is 18.2 Å². The summed E-state index contributed by atoms with van der Waals surface area (Å²) in [6, 6.07) is 6.09. The number of nitrogens with zero attached hydrogens (tertiary/aromatic N) is 1. The monoisotopic (exact) mass is 272 g/mol. The number of rotatable bonds is 3. The van der Waals surface area contributed by atoms with Crippen molar-refractivity contribution in [2.24, 2.45) is 11.8 Å². The van der Waals surface area contributed by atoms with Crippen LogP contribution in [-0.2, 0) is 4.79 Å². The Morgan fingerprint density at radius 1 is 1.45 bits per heavy atom. The Labute approximate surface area is 118 Å². The van der Waals surface area contributed by atoms with Gasteiger partial charge in [-0.15, -0.1) is 0 Å². The van der Waals surface area contributed by atoms with Gasteiger partial charge in [-0.3, -0.25) is 4.79 Å². The second kappa shape index (κ2) is 4.93. The first-order chi connectivity index (χ1) is 9.58. The molecule has 3 unspecified atom stereocenters. The van der Waals surface area contributed by atoms with E-state index in [2.05, 4.69) is 23.0 Å². The molecule has 0 spiro atoms. The Hall–Kier alpha value is -1.84. The van der Waals surface area contributed by atoms with Crippen molar-refractivity contribution in [2.45, 2.75) is 39.0 Å². The second-order valence-electron chi connectivity index (χ2n) is 5.94. The fourth-order valence-corrected chi connectivity index (χ4v) is 3.37. The fraction of sp³-hybridized carbons (Fsp3) is 0.500. The number of H-pyrrole nitrogens is 1. The number of aliphatic carboxylic acids is 1. The van der Waals surface area contributed by atoms with Gasteiger partial charge in [0, 0.05) is 5.92 Å². The fourth-order valence-electron chi connectivity index (χ4n) is 3.37.